The lowest BCUT2D eigenvalue weighted by Gasteiger charge is -2.00. The van der Waals surface area contributed by atoms with Crippen molar-refractivity contribution in [3.63, 3.8) is 0 Å². The maximum absolute atomic E-state index is 11.7. The average Bonchev–Trinajstić information content (AvgIpc) is 2.44. The van der Waals surface area contributed by atoms with E-state index in [1.165, 1.54) is 0 Å². The Bertz CT molecular complexity index is 352. The van der Waals surface area contributed by atoms with Crippen LogP contribution in [0, 0.1) is 0 Å². The fourth-order valence-corrected chi connectivity index (χ4v) is 1.02. The molecule has 0 bridgehead atoms. The van der Waals surface area contributed by atoms with Gasteiger partial charge in [0.25, 0.3) is 0 Å². The second-order valence-electron chi connectivity index (χ2n) is 2.37. The summed E-state index contributed by atoms with van der Waals surface area (Å²) in [6, 6.07) is 6.59. The van der Waals surface area contributed by atoms with E-state index in [0.717, 1.165) is 0 Å². The topological polar surface area (TPSA) is 35.7 Å². The van der Waals surface area contributed by atoms with E-state index in [9.17, 15) is 8.78 Å². The minimum Gasteiger partial charge on any atom is -0.401 e. The molecule has 2 rings (SSSR count). The number of hydrogen-bond acceptors (Lipinski definition) is 2. The van der Waals surface area contributed by atoms with Crippen molar-refractivity contribution in [2.75, 3.05) is 0 Å². The Morgan fingerprint density at radius 3 is 2.46 bits per heavy atom. The fraction of sp³-hybridized carbons (Fsp3) is 0.125. The molecule has 1 heterocycles. The molecule has 3 nitrogen and oxygen atoms in total. The highest BCUT2D eigenvalue weighted by Gasteiger charge is 2.19. The van der Waals surface area contributed by atoms with Crippen molar-refractivity contribution in [1.29, 1.82) is 0 Å². The molecule has 67 valence electrons. The van der Waals surface area contributed by atoms with Gasteiger partial charge in [-0.3, -0.25) is 0 Å². The molecule has 0 atom stereocenters. The SMILES string of the molecule is FC(F)OC1=Nc2ccccc2[N]1. The van der Waals surface area contributed by atoms with Gasteiger partial charge in [0.05, 0.1) is 11.4 Å². The van der Waals surface area contributed by atoms with Crippen LogP contribution in [-0.4, -0.2) is 12.6 Å². The molecule has 0 saturated heterocycles. The summed E-state index contributed by atoms with van der Waals surface area (Å²) in [6.07, 6.45) is 0. The molecule has 0 aliphatic carbocycles. The molecule has 0 N–H and O–H groups in total. The van der Waals surface area contributed by atoms with Gasteiger partial charge in [-0.15, -0.1) is 0 Å². The summed E-state index contributed by atoms with van der Waals surface area (Å²) in [5, 5.41) is 3.74. The van der Waals surface area contributed by atoms with Crippen LogP contribution in [0.25, 0.3) is 0 Å². The maximum Gasteiger partial charge on any atom is 0.389 e. The highest BCUT2D eigenvalue weighted by molar-refractivity contribution is 5.90. The Balaban J connectivity index is 2.17. The molecule has 1 aromatic carbocycles. The Labute approximate surface area is 73.0 Å². The maximum atomic E-state index is 11.7. The molecule has 1 aliphatic heterocycles. The first kappa shape index (κ1) is 7.97. The Hall–Kier alpha value is -1.65. The van der Waals surface area contributed by atoms with Crippen LogP contribution in [0.2, 0.25) is 0 Å². The third-order valence-corrected chi connectivity index (χ3v) is 1.51. The van der Waals surface area contributed by atoms with E-state index in [4.69, 9.17) is 0 Å². The summed E-state index contributed by atoms with van der Waals surface area (Å²) in [6.45, 7) is -2.88. The molecule has 0 saturated carbocycles. The molecular weight excluding hydrogens is 178 g/mol. The summed E-state index contributed by atoms with van der Waals surface area (Å²) in [4.78, 5) is 3.74. The van der Waals surface area contributed by atoms with Crippen molar-refractivity contribution in [3.05, 3.63) is 24.3 Å². The molecule has 0 aromatic heterocycles. The number of halogens is 2. The van der Waals surface area contributed by atoms with Crippen LogP contribution in [0.3, 0.4) is 0 Å². The molecule has 0 spiro atoms. The van der Waals surface area contributed by atoms with Crippen LogP contribution in [0.15, 0.2) is 29.3 Å². The van der Waals surface area contributed by atoms with Gasteiger partial charge in [0.15, 0.2) is 0 Å². The number of hydrogen-bond donors (Lipinski definition) is 0. The van der Waals surface area contributed by atoms with E-state index in [1.54, 1.807) is 24.3 Å². The quantitative estimate of drug-likeness (QED) is 0.657. The lowest BCUT2D eigenvalue weighted by molar-refractivity contribution is -0.0625. The van der Waals surface area contributed by atoms with E-state index in [0.29, 0.717) is 11.4 Å². The molecule has 1 radical (unpaired) electrons. The van der Waals surface area contributed by atoms with E-state index in [-0.39, 0.29) is 6.02 Å². The van der Waals surface area contributed by atoms with Gasteiger partial charge < -0.3 is 4.74 Å². The van der Waals surface area contributed by atoms with Gasteiger partial charge in [-0.2, -0.15) is 19.1 Å². The molecule has 0 unspecified atom stereocenters. The standard InChI is InChI=1S/C8H5F2N2O/c9-7(10)13-8-11-5-3-1-2-4-6(5)12-8/h1-4,7H. The molecular formula is C8H5F2N2O. The van der Waals surface area contributed by atoms with Crippen LogP contribution in [0.5, 0.6) is 0 Å². The number of rotatable bonds is 1. The first-order valence-corrected chi connectivity index (χ1v) is 3.60. The van der Waals surface area contributed by atoms with Crippen LogP contribution < -0.4 is 5.32 Å². The first-order valence-electron chi connectivity index (χ1n) is 3.60. The van der Waals surface area contributed by atoms with Crippen LogP contribution in [0.1, 0.15) is 0 Å². The third-order valence-electron chi connectivity index (χ3n) is 1.51. The minimum absolute atomic E-state index is 0.281. The lowest BCUT2D eigenvalue weighted by Crippen LogP contribution is -2.14. The zero-order valence-electron chi connectivity index (χ0n) is 6.45. The molecule has 0 amide bonds. The second kappa shape index (κ2) is 3.01. The Morgan fingerprint density at radius 1 is 1.15 bits per heavy atom. The summed E-state index contributed by atoms with van der Waals surface area (Å²) in [5.41, 5.74) is 1.11. The molecule has 5 heteroatoms. The molecule has 1 aliphatic rings. The number of nitrogens with zero attached hydrogens (tertiary/aromatic N) is 2. The molecule has 1 aromatic rings. The highest BCUT2D eigenvalue weighted by Crippen LogP contribution is 2.29. The summed E-state index contributed by atoms with van der Waals surface area (Å²) >= 11 is 0. The fourth-order valence-electron chi connectivity index (χ4n) is 1.02. The van der Waals surface area contributed by atoms with Gasteiger partial charge in [-0.1, -0.05) is 12.1 Å². The van der Waals surface area contributed by atoms with Gasteiger partial charge in [0.1, 0.15) is 0 Å². The van der Waals surface area contributed by atoms with Gasteiger partial charge in [-0.25, -0.2) is 0 Å². The number of para-hydroxylation sites is 2. The van der Waals surface area contributed by atoms with Crippen LogP contribution in [0.4, 0.5) is 20.2 Å². The summed E-state index contributed by atoms with van der Waals surface area (Å²) in [5.74, 6) is 0. The molecule has 13 heavy (non-hydrogen) atoms. The smallest absolute Gasteiger partial charge is 0.389 e. The monoisotopic (exact) mass is 183 g/mol. The molecule has 0 fully saturated rings. The number of amidine groups is 1. The number of ether oxygens (including phenoxy) is 1. The van der Waals surface area contributed by atoms with Crippen molar-refractivity contribution in [2.45, 2.75) is 6.61 Å². The Morgan fingerprint density at radius 2 is 1.85 bits per heavy atom. The van der Waals surface area contributed by atoms with E-state index in [1.807, 2.05) is 0 Å². The van der Waals surface area contributed by atoms with Crippen molar-refractivity contribution >= 4 is 17.4 Å². The van der Waals surface area contributed by atoms with Crippen molar-refractivity contribution in [1.82, 2.24) is 5.32 Å². The van der Waals surface area contributed by atoms with Crippen molar-refractivity contribution in [2.24, 2.45) is 4.99 Å². The van der Waals surface area contributed by atoms with Crippen LogP contribution in [-0.2, 0) is 4.74 Å². The van der Waals surface area contributed by atoms with Gasteiger partial charge in [-0.05, 0) is 12.1 Å². The third kappa shape index (κ3) is 1.58. The second-order valence-corrected chi connectivity index (χ2v) is 2.37. The first-order chi connectivity index (χ1) is 6.25. The zero-order chi connectivity index (χ0) is 9.26. The van der Waals surface area contributed by atoms with Crippen molar-refractivity contribution < 1.29 is 13.5 Å². The zero-order valence-corrected chi connectivity index (χ0v) is 6.45. The largest absolute Gasteiger partial charge is 0.401 e. The number of benzene rings is 1. The normalized spacial score (nSPS) is 13.6. The average molecular weight is 183 g/mol. The van der Waals surface area contributed by atoms with E-state index < -0.39 is 6.61 Å². The Kier molecular flexibility index (Phi) is 1.84. The van der Waals surface area contributed by atoms with Gasteiger partial charge in [0.2, 0.25) is 0 Å². The highest BCUT2D eigenvalue weighted by atomic mass is 19.3. The van der Waals surface area contributed by atoms with Crippen LogP contribution >= 0.6 is 0 Å². The lowest BCUT2D eigenvalue weighted by atomic mass is 10.3. The predicted octanol–water partition coefficient (Wildman–Crippen LogP) is 2.16. The van der Waals surface area contributed by atoms with E-state index >= 15 is 0 Å². The van der Waals surface area contributed by atoms with Gasteiger partial charge >= 0.3 is 12.6 Å². The van der Waals surface area contributed by atoms with Crippen molar-refractivity contribution in [3.8, 4) is 0 Å². The minimum atomic E-state index is -2.88. The number of fused-ring (bicyclic) bond motifs is 1. The predicted molar refractivity (Wildman–Crippen MR) is 42.4 cm³/mol. The number of aliphatic imine (C=N–C) groups is 1. The van der Waals surface area contributed by atoms with Gasteiger partial charge in [0, 0.05) is 0 Å². The number of alkyl halides is 2. The summed E-state index contributed by atoms with van der Waals surface area (Å²) in [7, 11) is 0. The summed E-state index contributed by atoms with van der Waals surface area (Å²) < 4.78 is 27.5. The van der Waals surface area contributed by atoms with E-state index in [2.05, 4.69) is 15.0 Å².